The first-order valence-electron chi connectivity index (χ1n) is 5.48. The van der Waals surface area contributed by atoms with Crippen molar-refractivity contribution in [2.24, 2.45) is 5.92 Å². The lowest BCUT2D eigenvalue weighted by Crippen LogP contribution is -2.14. The molecule has 0 aliphatic carbocycles. The maximum atomic E-state index is 11.8. The van der Waals surface area contributed by atoms with Crippen LogP contribution in [0.4, 0.5) is 0 Å². The van der Waals surface area contributed by atoms with Crippen molar-refractivity contribution in [1.82, 2.24) is 0 Å². The van der Waals surface area contributed by atoms with Gasteiger partial charge in [0.15, 0.2) is 0 Å². The molecule has 0 saturated heterocycles. The topological polar surface area (TPSA) is 17.1 Å². The van der Waals surface area contributed by atoms with Crippen molar-refractivity contribution in [2.45, 2.75) is 31.6 Å². The second kappa shape index (κ2) is 6.67. The zero-order valence-corrected chi connectivity index (χ0v) is 10.2. The summed E-state index contributed by atoms with van der Waals surface area (Å²) in [6, 6.07) is 10.1. The average Bonchev–Trinajstić information content (AvgIpc) is 2.29. The number of rotatable bonds is 6. The van der Waals surface area contributed by atoms with Crippen molar-refractivity contribution in [3.05, 3.63) is 30.3 Å². The van der Waals surface area contributed by atoms with Gasteiger partial charge in [0.1, 0.15) is 5.78 Å². The number of hydrogen-bond acceptors (Lipinski definition) is 2. The smallest absolute Gasteiger partial charge is 0.146 e. The number of ketones is 1. The lowest BCUT2D eigenvalue weighted by molar-refractivity contribution is -0.120. The molecule has 0 saturated carbocycles. The maximum absolute atomic E-state index is 11.8. The van der Waals surface area contributed by atoms with Gasteiger partial charge in [-0.15, -0.1) is 11.8 Å². The zero-order valence-electron chi connectivity index (χ0n) is 9.40. The highest BCUT2D eigenvalue weighted by Crippen LogP contribution is 2.20. The number of thioether (sulfide) groups is 1. The quantitative estimate of drug-likeness (QED) is 0.681. The highest BCUT2D eigenvalue weighted by Gasteiger charge is 2.13. The van der Waals surface area contributed by atoms with Gasteiger partial charge in [0, 0.05) is 10.8 Å². The molecule has 0 aromatic heterocycles. The van der Waals surface area contributed by atoms with Crippen molar-refractivity contribution in [1.29, 1.82) is 0 Å². The van der Waals surface area contributed by atoms with Crippen molar-refractivity contribution in [2.75, 3.05) is 5.75 Å². The van der Waals surface area contributed by atoms with Gasteiger partial charge in [0.05, 0.1) is 5.75 Å². The fourth-order valence-corrected chi connectivity index (χ4v) is 2.43. The summed E-state index contributed by atoms with van der Waals surface area (Å²) >= 11 is 1.64. The Hall–Kier alpha value is -0.760. The summed E-state index contributed by atoms with van der Waals surface area (Å²) in [7, 11) is 0. The van der Waals surface area contributed by atoms with E-state index >= 15 is 0 Å². The fourth-order valence-electron chi connectivity index (χ4n) is 1.53. The van der Waals surface area contributed by atoms with Crippen molar-refractivity contribution >= 4 is 17.5 Å². The number of carbonyl (C=O) groups excluding carboxylic acids is 1. The Morgan fingerprint density at radius 1 is 1.20 bits per heavy atom. The molecule has 0 radical (unpaired) electrons. The van der Waals surface area contributed by atoms with Gasteiger partial charge in [-0.05, 0) is 25.0 Å². The monoisotopic (exact) mass is 222 g/mol. The summed E-state index contributed by atoms with van der Waals surface area (Å²) in [4.78, 5) is 12.9. The third-order valence-electron chi connectivity index (χ3n) is 2.57. The molecule has 0 aliphatic rings. The average molecular weight is 222 g/mol. The number of carbonyl (C=O) groups is 1. The van der Waals surface area contributed by atoms with E-state index in [0.29, 0.717) is 11.5 Å². The van der Waals surface area contributed by atoms with Crippen LogP contribution in [-0.4, -0.2) is 11.5 Å². The molecule has 15 heavy (non-hydrogen) atoms. The first-order valence-corrected chi connectivity index (χ1v) is 6.47. The number of hydrogen-bond donors (Lipinski definition) is 0. The van der Waals surface area contributed by atoms with Gasteiger partial charge in [-0.2, -0.15) is 0 Å². The molecular weight excluding hydrogens is 204 g/mol. The van der Waals surface area contributed by atoms with E-state index in [1.165, 1.54) is 4.90 Å². The minimum absolute atomic E-state index is 0.251. The molecule has 1 aromatic carbocycles. The largest absolute Gasteiger partial charge is 0.298 e. The van der Waals surface area contributed by atoms with Gasteiger partial charge in [-0.25, -0.2) is 0 Å². The first-order chi connectivity index (χ1) is 7.27. The highest BCUT2D eigenvalue weighted by molar-refractivity contribution is 8.00. The maximum Gasteiger partial charge on any atom is 0.146 e. The van der Waals surface area contributed by atoms with Gasteiger partial charge >= 0.3 is 0 Å². The minimum atomic E-state index is 0.251. The molecule has 1 rings (SSSR count). The molecule has 0 N–H and O–H groups in total. The molecular formula is C13H18OS. The molecule has 0 amide bonds. The van der Waals surface area contributed by atoms with Crippen molar-refractivity contribution in [3.8, 4) is 0 Å². The lowest BCUT2D eigenvalue weighted by Gasteiger charge is -2.10. The second-order valence-electron chi connectivity index (χ2n) is 3.58. The second-order valence-corrected chi connectivity index (χ2v) is 4.63. The van der Waals surface area contributed by atoms with E-state index in [1.807, 2.05) is 30.3 Å². The third kappa shape index (κ3) is 4.08. The van der Waals surface area contributed by atoms with Crippen LogP contribution in [0, 0.1) is 5.92 Å². The van der Waals surface area contributed by atoms with Gasteiger partial charge in [0.2, 0.25) is 0 Å². The van der Waals surface area contributed by atoms with Gasteiger partial charge in [0.25, 0.3) is 0 Å². The van der Waals surface area contributed by atoms with E-state index in [1.54, 1.807) is 11.8 Å². The molecule has 82 valence electrons. The van der Waals surface area contributed by atoms with E-state index < -0.39 is 0 Å². The molecule has 1 nitrogen and oxygen atoms in total. The molecule has 2 heteroatoms. The van der Waals surface area contributed by atoms with Crippen LogP contribution in [0.15, 0.2) is 35.2 Å². The van der Waals surface area contributed by atoms with Crippen LogP contribution >= 0.6 is 11.8 Å². The lowest BCUT2D eigenvalue weighted by atomic mass is 10.00. The Morgan fingerprint density at radius 3 is 2.33 bits per heavy atom. The van der Waals surface area contributed by atoms with Crippen molar-refractivity contribution < 1.29 is 4.79 Å². The molecule has 0 spiro atoms. The minimum Gasteiger partial charge on any atom is -0.298 e. The Kier molecular flexibility index (Phi) is 5.48. The van der Waals surface area contributed by atoms with Gasteiger partial charge in [-0.3, -0.25) is 4.79 Å². The molecule has 0 aliphatic heterocycles. The number of benzene rings is 1. The molecule has 0 fully saturated rings. The first kappa shape index (κ1) is 12.3. The molecule has 0 unspecified atom stereocenters. The van der Waals surface area contributed by atoms with Gasteiger partial charge in [-0.1, -0.05) is 32.0 Å². The van der Waals surface area contributed by atoms with Crippen molar-refractivity contribution in [3.63, 3.8) is 0 Å². The molecule has 0 bridgehead atoms. The number of Topliss-reactive ketones (excluding diaryl/α,β-unsaturated/α-hetero) is 1. The summed E-state index contributed by atoms with van der Waals surface area (Å²) in [5, 5.41) is 0. The summed E-state index contributed by atoms with van der Waals surface area (Å²) in [5.74, 6) is 1.24. The Bertz CT molecular complexity index is 291. The van der Waals surface area contributed by atoms with Crippen LogP contribution in [0.5, 0.6) is 0 Å². The predicted molar refractivity (Wildman–Crippen MR) is 66.2 cm³/mol. The zero-order chi connectivity index (χ0) is 11.1. The third-order valence-corrected chi connectivity index (χ3v) is 3.60. The summed E-state index contributed by atoms with van der Waals surface area (Å²) in [5.41, 5.74) is 0. The van der Waals surface area contributed by atoms with Crippen LogP contribution in [0.2, 0.25) is 0 Å². The molecule has 0 heterocycles. The Morgan fingerprint density at radius 2 is 1.80 bits per heavy atom. The SMILES string of the molecule is CCC(CC)C(=O)CSc1ccccc1. The normalized spacial score (nSPS) is 10.6. The Balaban J connectivity index is 2.40. The van der Waals surface area contributed by atoms with E-state index in [4.69, 9.17) is 0 Å². The van der Waals surface area contributed by atoms with E-state index in [9.17, 15) is 4.79 Å². The van der Waals surface area contributed by atoms with Crippen LogP contribution in [0.3, 0.4) is 0 Å². The Labute approximate surface area is 96.3 Å². The molecule has 0 atom stereocenters. The predicted octanol–water partition coefficient (Wildman–Crippen LogP) is 3.78. The summed E-state index contributed by atoms with van der Waals surface area (Å²) in [6.07, 6.45) is 1.93. The summed E-state index contributed by atoms with van der Waals surface area (Å²) in [6.45, 7) is 4.17. The van der Waals surface area contributed by atoms with Crippen LogP contribution in [0.1, 0.15) is 26.7 Å². The fraction of sp³-hybridized carbons (Fsp3) is 0.462. The van der Waals surface area contributed by atoms with E-state index in [0.717, 1.165) is 12.8 Å². The van der Waals surface area contributed by atoms with Crippen LogP contribution in [-0.2, 0) is 4.79 Å². The van der Waals surface area contributed by atoms with Crippen LogP contribution in [0.25, 0.3) is 0 Å². The van der Waals surface area contributed by atoms with E-state index in [-0.39, 0.29) is 5.92 Å². The standard InChI is InChI=1S/C13H18OS/c1-3-11(4-2)13(14)10-15-12-8-6-5-7-9-12/h5-9,11H,3-4,10H2,1-2H3. The van der Waals surface area contributed by atoms with Gasteiger partial charge < -0.3 is 0 Å². The summed E-state index contributed by atoms with van der Waals surface area (Å²) < 4.78 is 0. The highest BCUT2D eigenvalue weighted by atomic mass is 32.2. The van der Waals surface area contributed by atoms with Crippen LogP contribution < -0.4 is 0 Å². The molecule has 1 aromatic rings. The van der Waals surface area contributed by atoms with E-state index in [2.05, 4.69) is 13.8 Å².